The van der Waals surface area contributed by atoms with E-state index < -0.39 is 24.0 Å². The highest BCUT2D eigenvalue weighted by Gasteiger charge is 2.26. The van der Waals surface area contributed by atoms with Crippen LogP contribution in [0.4, 0.5) is 4.79 Å². The number of hydrogen-bond acceptors (Lipinski definition) is 5. The average molecular weight is 407 g/mol. The molecule has 6 nitrogen and oxygen atoms in total. The van der Waals surface area contributed by atoms with Gasteiger partial charge in [0.05, 0.1) is 0 Å². The highest BCUT2D eigenvalue weighted by Crippen LogP contribution is 2.33. The van der Waals surface area contributed by atoms with Crippen molar-refractivity contribution in [1.82, 2.24) is 10.6 Å². The van der Waals surface area contributed by atoms with Gasteiger partial charge in [0.2, 0.25) is 0 Å². The molecule has 0 spiro atoms. The van der Waals surface area contributed by atoms with E-state index in [4.69, 9.17) is 4.74 Å². The summed E-state index contributed by atoms with van der Waals surface area (Å²) < 4.78 is 5.30. The second-order valence-electron chi connectivity index (χ2n) is 7.92. The maximum Gasteiger partial charge on any atom is 0.349 e. The monoisotopic (exact) mass is 406 g/mol. The number of hydrogen-bond donors (Lipinski definition) is 2. The van der Waals surface area contributed by atoms with Crippen LogP contribution < -0.4 is 10.6 Å². The Kier molecular flexibility index (Phi) is 7.10. The van der Waals surface area contributed by atoms with Gasteiger partial charge in [0.15, 0.2) is 6.10 Å². The standard InChI is InChI=1S/C21H30N2O4S/c1-3-14-9-10-17-15(11-14)12-18(28-17)20(25)27-13(2)19(24)23-21(26)22-16-7-5-4-6-8-16/h12-14,16H,3-11H2,1-2H3,(H2,22,23,24,26)/t13-,14-/m1/s1. The molecular weight excluding hydrogens is 376 g/mol. The third kappa shape index (κ3) is 5.34. The highest BCUT2D eigenvalue weighted by atomic mass is 32.1. The number of fused-ring (bicyclic) bond motifs is 1. The summed E-state index contributed by atoms with van der Waals surface area (Å²) in [5.41, 5.74) is 1.24. The molecule has 7 heteroatoms. The van der Waals surface area contributed by atoms with Crippen LogP contribution >= 0.6 is 11.3 Å². The Bertz CT molecular complexity index is 724. The molecule has 0 aliphatic heterocycles. The van der Waals surface area contributed by atoms with Crippen LogP contribution in [0, 0.1) is 5.92 Å². The van der Waals surface area contributed by atoms with Gasteiger partial charge in [-0.1, -0.05) is 32.6 Å². The van der Waals surface area contributed by atoms with Gasteiger partial charge in [0.25, 0.3) is 5.91 Å². The largest absolute Gasteiger partial charge is 0.448 e. The van der Waals surface area contributed by atoms with E-state index in [1.807, 2.05) is 6.07 Å². The lowest BCUT2D eigenvalue weighted by Crippen LogP contribution is -2.48. The number of thiophene rings is 1. The van der Waals surface area contributed by atoms with Crippen LogP contribution in [0.5, 0.6) is 0 Å². The number of aryl methyl sites for hydroxylation is 1. The van der Waals surface area contributed by atoms with Gasteiger partial charge in [-0.15, -0.1) is 11.3 Å². The minimum Gasteiger partial charge on any atom is -0.448 e. The summed E-state index contributed by atoms with van der Waals surface area (Å²) >= 11 is 1.46. The predicted octanol–water partition coefficient (Wildman–Crippen LogP) is 3.97. The number of nitrogens with one attached hydrogen (secondary N) is 2. The van der Waals surface area contributed by atoms with E-state index in [9.17, 15) is 14.4 Å². The Balaban J connectivity index is 1.49. The fourth-order valence-electron chi connectivity index (χ4n) is 4.00. The van der Waals surface area contributed by atoms with E-state index in [0.717, 1.165) is 51.4 Å². The number of rotatable bonds is 5. The summed E-state index contributed by atoms with van der Waals surface area (Å²) in [6.07, 6.45) is 8.55. The zero-order valence-corrected chi connectivity index (χ0v) is 17.5. The molecule has 154 valence electrons. The zero-order chi connectivity index (χ0) is 20.1. The second-order valence-corrected chi connectivity index (χ2v) is 9.06. The third-order valence-corrected chi connectivity index (χ3v) is 7.01. The first-order chi connectivity index (χ1) is 13.5. The maximum atomic E-state index is 12.4. The number of ether oxygens (including phenoxy) is 1. The van der Waals surface area contributed by atoms with Crippen LogP contribution in [0.25, 0.3) is 0 Å². The van der Waals surface area contributed by atoms with Crippen LogP contribution in [0.3, 0.4) is 0 Å². The SMILES string of the molecule is CC[C@@H]1CCc2sc(C(=O)O[C@H](C)C(=O)NC(=O)NC3CCCCC3)cc2C1. The molecule has 0 bridgehead atoms. The van der Waals surface area contributed by atoms with E-state index in [1.165, 1.54) is 35.1 Å². The van der Waals surface area contributed by atoms with Gasteiger partial charge in [0.1, 0.15) is 4.88 Å². The van der Waals surface area contributed by atoms with Crippen LogP contribution in [0.2, 0.25) is 0 Å². The topological polar surface area (TPSA) is 84.5 Å². The lowest BCUT2D eigenvalue weighted by molar-refractivity contribution is -0.127. The molecule has 2 aliphatic rings. The van der Waals surface area contributed by atoms with Crippen molar-refractivity contribution in [3.05, 3.63) is 21.4 Å². The first-order valence-corrected chi connectivity index (χ1v) is 11.2. The van der Waals surface area contributed by atoms with E-state index in [1.54, 1.807) is 0 Å². The van der Waals surface area contributed by atoms with Gasteiger partial charge in [-0.3, -0.25) is 10.1 Å². The number of urea groups is 1. The summed E-state index contributed by atoms with van der Waals surface area (Å²) in [6.45, 7) is 3.68. The van der Waals surface area contributed by atoms with Crippen molar-refractivity contribution in [2.45, 2.75) is 83.8 Å². The summed E-state index contributed by atoms with van der Waals surface area (Å²) in [5, 5.41) is 5.11. The number of amides is 3. The fourth-order valence-corrected chi connectivity index (χ4v) is 5.09. The van der Waals surface area contributed by atoms with Crippen molar-refractivity contribution >= 4 is 29.2 Å². The molecule has 0 saturated heterocycles. The highest BCUT2D eigenvalue weighted by molar-refractivity contribution is 7.14. The molecule has 1 aromatic heterocycles. The molecule has 2 N–H and O–H groups in total. The minimum atomic E-state index is -1.02. The van der Waals surface area contributed by atoms with Crippen molar-refractivity contribution in [2.75, 3.05) is 0 Å². The maximum absolute atomic E-state index is 12.4. The fraction of sp³-hybridized carbons (Fsp3) is 0.667. The van der Waals surface area contributed by atoms with Crippen molar-refractivity contribution in [1.29, 1.82) is 0 Å². The summed E-state index contributed by atoms with van der Waals surface area (Å²) in [7, 11) is 0. The van der Waals surface area contributed by atoms with Crippen molar-refractivity contribution in [2.24, 2.45) is 5.92 Å². The second kappa shape index (κ2) is 9.54. The van der Waals surface area contributed by atoms with Gasteiger partial charge >= 0.3 is 12.0 Å². The van der Waals surface area contributed by atoms with E-state index >= 15 is 0 Å². The molecule has 1 saturated carbocycles. The zero-order valence-electron chi connectivity index (χ0n) is 16.7. The number of carbonyl (C=O) groups excluding carboxylic acids is 3. The van der Waals surface area contributed by atoms with Gasteiger partial charge in [-0.25, -0.2) is 9.59 Å². The summed E-state index contributed by atoms with van der Waals surface area (Å²) in [4.78, 5) is 38.4. The summed E-state index contributed by atoms with van der Waals surface area (Å²) in [5.74, 6) is -0.421. The Hall–Kier alpha value is -1.89. The molecule has 0 aromatic carbocycles. The molecule has 2 aliphatic carbocycles. The molecule has 28 heavy (non-hydrogen) atoms. The van der Waals surface area contributed by atoms with Crippen LogP contribution in [-0.4, -0.2) is 30.1 Å². The smallest absolute Gasteiger partial charge is 0.349 e. The predicted molar refractivity (Wildman–Crippen MR) is 109 cm³/mol. The molecular formula is C21H30N2O4S. The van der Waals surface area contributed by atoms with Crippen LogP contribution in [0.1, 0.15) is 78.9 Å². The summed E-state index contributed by atoms with van der Waals surface area (Å²) in [6, 6.07) is 1.51. The first kappa shape index (κ1) is 20.8. The minimum absolute atomic E-state index is 0.115. The molecule has 1 aromatic rings. The van der Waals surface area contributed by atoms with Crippen molar-refractivity contribution in [3.63, 3.8) is 0 Å². The molecule has 3 amide bonds. The number of imide groups is 1. The lowest BCUT2D eigenvalue weighted by atomic mass is 9.87. The first-order valence-electron chi connectivity index (χ1n) is 10.4. The Morgan fingerprint density at radius 2 is 1.96 bits per heavy atom. The normalized spacial score (nSPS) is 20.7. The van der Waals surface area contributed by atoms with Gasteiger partial charge in [0, 0.05) is 10.9 Å². The quantitative estimate of drug-likeness (QED) is 0.725. The molecule has 0 radical (unpaired) electrons. The Labute approximate surface area is 170 Å². The molecule has 1 fully saturated rings. The number of esters is 1. The van der Waals surface area contributed by atoms with Crippen LogP contribution in [0.15, 0.2) is 6.07 Å². The van der Waals surface area contributed by atoms with E-state index in [0.29, 0.717) is 10.8 Å². The third-order valence-electron chi connectivity index (χ3n) is 5.79. The molecule has 1 heterocycles. The van der Waals surface area contributed by atoms with Gasteiger partial charge in [-0.05, 0) is 56.6 Å². The molecule has 3 rings (SSSR count). The van der Waals surface area contributed by atoms with Gasteiger partial charge in [-0.2, -0.15) is 0 Å². The van der Waals surface area contributed by atoms with Crippen LogP contribution in [-0.2, 0) is 22.4 Å². The van der Waals surface area contributed by atoms with Gasteiger partial charge < -0.3 is 10.1 Å². The Morgan fingerprint density at radius 3 is 2.68 bits per heavy atom. The Morgan fingerprint density at radius 1 is 1.21 bits per heavy atom. The molecule has 2 atom stereocenters. The van der Waals surface area contributed by atoms with E-state index in [2.05, 4.69) is 17.6 Å². The molecule has 0 unspecified atom stereocenters. The lowest BCUT2D eigenvalue weighted by Gasteiger charge is -2.23. The van der Waals surface area contributed by atoms with Crippen molar-refractivity contribution in [3.8, 4) is 0 Å². The van der Waals surface area contributed by atoms with E-state index in [-0.39, 0.29) is 6.04 Å². The van der Waals surface area contributed by atoms with Crippen molar-refractivity contribution < 1.29 is 19.1 Å². The average Bonchev–Trinajstić information content (AvgIpc) is 3.11. The number of carbonyl (C=O) groups is 3.